The molecular weight excluding hydrogens is 344 g/mol. The van der Waals surface area contributed by atoms with Crippen molar-refractivity contribution in [2.45, 2.75) is 32.1 Å². The largest absolute Gasteiger partial charge is 0.338 e. The van der Waals surface area contributed by atoms with Crippen LogP contribution in [0.25, 0.3) is 0 Å². The summed E-state index contributed by atoms with van der Waals surface area (Å²) >= 11 is 1.48. The minimum absolute atomic E-state index is 0.0218. The Kier molecular flexibility index (Phi) is 5.07. The second-order valence-electron chi connectivity index (χ2n) is 7.12. The van der Waals surface area contributed by atoms with Crippen LogP contribution >= 0.6 is 11.3 Å². The SMILES string of the molecule is O=C(c1cccs1)N1CCC(C(=O)N2CCCCc3ccccc32)CC1. The Labute approximate surface area is 158 Å². The molecule has 2 amide bonds. The summed E-state index contributed by atoms with van der Waals surface area (Å²) in [6.07, 6.45) is 4.75. The average Bonchev–Trinajstić information content (AvgIpc) is 3.14. The van der Waals surface area contributed by atoms with Crippen LogP contribution in [0, 0.1) is 5.92 Å². The Morgan fingerprint density at radius 3 is 2.54 bits per heavy atom. The summed E-state index contributed by atoms with van der Waals surface area (Å²) in [5, 5.41) is 1.93. The number of aryl methyl sites for hydroxylation is 1. The zero-order valence-electron chi connectivity index (χ0n) is 14.9. The van der Waals surface area contributed by atoms with Crippen LogP contribution in [-0.2, 0) is 11.2 Å². The number of para-hydroxylation sites is 1. The maximum absolute atomic E-state index is 13.2. The van der Waals surface area contributed by atoms with Crippen molar-refractivity contribution in [1.82, 2.24) is 4.90 Å². The van der Waals surface area contributed by atoms with Crippen molar-refractivity contribution in [2.75, 3.05) is 24.5 Å². The molecule has 136 valence electrons. The molecule has 1 aromatic carbocycles. The van der Waals surface area contributed by atoms with Crippen LogP contribution in [-0.4, -0.2) is 36.3 Å². The highest BCUT2D eigenvalue weighted by Crippen LogP contribution is 2.30. The number of carbonyl (C=O) groups excluding carboxylic acids is 2. The number of amides is 2. The van der Waals surface area contributed by atoms with E-state index in [1.165, 1.54) is 16.9 Å². The van der Waals surface area contributed by atoms with Gasteiger partial charge >= 0.3 is 0 Å². The van der Waals surface area contributed by atoms with E-state index in [-0.39, 0.29) is 17.7 Å². The molecule has 2 aliphatic rings. The van der Waals surface area contributed by atoms with Crippen LogP contribution < -0.4 is 4.90 Å². The third-order valence-electron chi connectivity index (χ3n) is 5.49. The number of anilines is 1. The second kappa shape index (κ2) is 7.62. The van der Waals surface area contributed by atoms with E-state index in [2.05, 4.69) is 18.2 Å². The third-order valence-corrected chi connectivity index (χ3v) is 6.35. The molecule has 0 radical (unpaired) electrons. The molecule has 26 heavy (non-hydrogen) atoms. The van der Waals surface area contributed by atoms with E-state index in [0.717, 1.165) is 49.2 Å². The van der Waals surface area contributed by atoms with Gasteiger partial charge in [0, 0.05) is 31.2 Å². The van der Waals surface area contributed by atoms with Crippen molar-refractivity contribution in [3.8, 4) is 0 Å². The van der Waals surface area contributed by atoms with E-state index in [4.69, 9.17) is 0 Å². The van der Waals surface area contributed by atoms with Gasteiger partial charge in [0.2, 0.25) is 5.91 Å². The standard InChI is InChI=1S/C21H24N2O2S/c24-20(23-12-4-3-7-16-6-1-2-8-18(16)23)17-10-13-22(14-11-17)21(25)19-9-5-15-26-19/h1-2,5-6,8-9,15,17H,3-4,7,10-14H2. The number of likely N-dealkylation sites (tertiary alicyclic amines) is 1. The summed E-state index contributed by atoms with van der Waals surface area (Å²) in [5.41, 5.74) is 2.37. The molecule has 0 unspecified atom stereocenters. The fraction of sp³-hybridized carbons (Fsp3) is 0.429. The molecule has 2 aliphatic heterocycles. The van der Waals surface area contributed by atoms with Crippen LogP contribution in [0.3, 0.4) is 0 Å². The number of hydrogen-bond donors (Lipinski definition) is 0. The Hall–Kier alpha value is -2.14. The fourth-order valence-electron chi connectivity index (χ4n) is 4.03. The molecule has 1 aromatic heterocycles. The molecule has 0 N–H and O–H groups in total. The minimum atomic E-state index is 0.0218. The summed E-state index contributed by atoms with van der Waals surface area (Å²) in [6.45, 7) is 2.15. The zero-order chi connectivity index (χ0) is 17.9. The Bertz CT molecular complexity index is 779. The molecule has 5 heteroatoms. The second-order valence-corrected chi connectivity index (χ2v) is 8.07. The van der Waals surface area contributed by atoms with Crippen molar-refractivity contribution >= 4 is 28.8 Å². The van der Waals surface area contributed by atoms with Crippen molar-refractivity contribution in [2.24, 2.45) is 5.92 Å². The first-order valence-electron chi connectivity index (χ1n) is 9.46. The molecule has 0 atom stereocenters. The summed E-state index contributed by atoms with van der Waals surface area (Å²) in [5.74, 6) is 0.363. The van der Waals surface area contributed by atoms with Gasteiger partial charge in [-0.05, 0) is 55.2 Å². The minimum Gasteiger partial charge on any atom is -0.338 e. The van der Waals surface area contributed by atoms with Crippen LogP contribution in [0.2, 0.25) is 0 Å². The van der Waals surface area contributed by atoms with Gasteiger partial charge in [-0.3, -0.25) is 9.59 Å². The molecule has 0 saturated carbocycles. The summed E-state index contributed by atoms with van der Waals surface area (Å²) < 4.78 is 0. The Morgan fingerprint density at radius 2 is 1.77 bits per heavy atom. The monoisotopic (exact) mass is 368 g/mol. The normalized spacial score (nSPS) is 18.3. The van der Waals surface area contributed by atoms with Crippen molar-refractivity contribution in [3.63, 3.8) is 0 Å². The first kappa shape index (κ1) is 17.3. The van der Waals surface area contributed by atoms with Gasteiger partial charge in [-0.25, -0.2) is 0 Å². The molecule has 0 bridgehead atoms. The quantitative estimate of drug-likeness (QED) is 0.805. The first-order valence-corrected chi connectivity index (χ1v) is 10.3. The van der Waals surface area contributed by atoms with Crippen molar-refractivity contribution in [3.05, 3.63) is 52.2 Å². The number of carbonyl (C=O) groups is 2. The average molecular weight is 369 g/mol. The van der Waals surface area contributed by atoms with Gasteiger partial charge in [0.25, 0.3) is 5.91 Å². The summed E-state index contributed by atoms with van der Waals surface area (Å²) in [6, 6.07) is 12.1. The van der Waals surface area contributed by atoms with Crippen molar-refractivity contribution < 1.29 is 9.59 Å². The van der Waals surface area contributed by atoms with Crippen LogP contribution in [0.5, 0.6) is 0 Å². The summed E-state index contributed by atoms with van der Waals surface area (Å²) in [7, 11) is 0. The third kappa shape index (κ3) is 3.40. The highest BCUT2D eigenvalue weighted by atomic mass is 32.1. The molecule has 3 heterocycles. The number of nitrogens with zero attached hydrogens (tertiary/aromatic N) is 2. The van der Waals surface area contributed by atoms with Gasteiger partial charge in [0.1, 0.15) is 0 Å². The lowest BCUT2D eigenvalue weighted by Gasteiger charge is -2.34. The highest BCUT2D eigenvalue weighted by molar-refractivity contribution is 7.12. The molecule has 1 fully saturated rings. The molecule has 4 rings (SSSR count). The van der Waals surface area contributed by atoms with Crippen LogP contribution in [0.4, 0.5) is 5.69 Å². The topological polar surface area (TPSA) is 40.6 Å². The molecule has 4 nitrogen and oxygen atoms in total. The van der Waals surface area contributed by atoms with E-state index in [1.54, 1.807) is 0 Å². The van der Waals surface area contributed by atoms with E-state index in [1.807, 2.05) is 33.4 Å². The molecule has 0 spiro atoms. The van der Waals surface area contributed by atoms with Crippen LogP contribution in [0.1, 0.15) is 40.9 Å². The van der Waals surface area contributed by atoms with Gasteiger partial charge < -0.3 is 9.80 Å². The maximum Gasteiger partial charge on any atom is 0.263 e. The van der Waals surface area contributed by atoms with Gasteiger partial charge in [-0.15, -0.1) is 11.3 Å². The van der Waals surface area contributed by atoms with Crippen molar-refractivity contribution in [1.29, 1.82) is 0 Å². The van der Waals surface area contributed by atoms with Gasteiger partial charge in [0.15, 0.2) is 0 Å². The smallest absolute Gasteiger partial charge is 0.263 e. The number of thiophene rings is 1. The highest BCUT2D eigenvalue weighted by Gasteiger charge is 2.32. The number of hydrogen-bond acceptors (Lipinski definition) is 3. The fourth-order valence-corrected chi connectivity index (χ4v) is 4.72. The molecular formula is C21H24N2O2S. The molecule has 2 aromatic rings. The van der Waals surface area contributed by atoms with E-state index < -0.39 is 0 Å². The number of piperidine rings is 1. The van der Waals surface area contributed by atoms with Gasteiger partial charge in [-0.2, -0.15) is 0 Å². The lowest BCUT2D eigenvalue weighted by molar-refractivity contribution is -0.123. The Balaban J connectivity index is 1.43. The van der Waals surface area contributed by atoms with E-state index >= 15 is 0 Å². The number of benzene rings is 1. The number of rotatable bonds is 2. The zero-order valence-corrected chi connectivity index (χ0v) is 15.7. The lowest BCUT2D eigenvalue weighted by Crippen LogP contribution is -2.44. The predicted octanol–water partition coefficient (Wildman–Crippen LogP) is 3.97. The molecule has 1 saturated heterocycles. The Morgan fingerprint density at radius 1 is 0.962 bits per heavy atom. The molecule has 0 aliphatic carbocycles. The summed E-state index contributed by atoms with van der Waals surface area (Å²) in [4.78, 5) is 30.4. The predicted molar refractivity (Wildman–Crippen MR) is 105 cm³/mol. The number of fused-ring (bicyclic) bond motifs is 1. The maximum atomic E-state index is 13.2. The van der Waals surface area contributed by atoms with Crippen LogP contribution in [0.15, 0.2) is 41.8 Å². The van der Waals surface area contributed by atoms with Gasteiger partial charge in [0.05, 0.1) is 4.88 Å². The lowest BCUT2D eigenvalue weighted by atomic mass is 9.94. The van der Waals surface area contributed by atoms with E-state index in [9.17, 15) is 9.59 Å². The van der Waals surface area contributed by atoms with E-state index in [0.29, 0.717) is 13.1 Å². The first-order chi connectivity index (χ1) is 12.7. The van der Waals surface area contributed by atoms with Gasteiger partial charge in [-0.1, -0.05) is 24.3 Å².